The maximum atomic E-state index is 11.6. The van der Waals surface area contributed by atoms with E-state index in [-0.39, 0.29) is 5.91 Å². The Labute approximate surface area is 128 Å². The summed E-state index contributed by atoms with van der Waals surface area (Å²) < 4.78 is 7.25. The number of carbonyl (C=O) groups is 1. The molecule has 0 saturated heterocycles. The summed E-state index contributed by atoms with van der Waals surface area (Å²) in [6, 6.07) is 17.4. The van der Waals surface area contributed by atoms with Crippen LogP contribution in [-0.2, 0) is 6.61 Å². The number of rotatable bonds is 3. The van der Waals surface area contributed by atoms with Gasteiger partial charge in [0.15, 0.2) is 0 Å². The van der Waals surface area contributed by atoms with Gasteiger partial charge in [-0.15, -0.1) is 0 Å². The molecule has 0 saturated carbocycles. The lowest BCUT2D eigenvalue weighted by atomic mass is 10.2. The number of nitrogens with zero attached hydrogens (tertiary/aromatic N) is 2. The fraction of sp³-hybridized carbons (Fsp3) is 0.111. The number of aromatic nitrogens is 1. The standard InChI is InChI=1S/C18H14N2O2/c1-13(21)20-11-15(10-19)17-9-16(7-8-18(17)20)22-12-14-5-3-2-4-6-14/h2-9,11H,12H2,1H3. The first-order valence-electron chi connectivity index (χ1n) is 6.92. The molecule has 0 aliphatic rings. The number of hydrogen-bond acceptors (Lipinski definition) is 3. The third kappa shape index (κ3) is 2.57. The molecule has 108 valence electrons. The van der Waals surface area contributed by atoms with Crippen LogP contribution in [0.1, 0.15) is 22.8 Å². The summed E-state index contributed by atoms with van der Waals surface area (Å²) in [7, 11) is 0. The first-order chi connectivity index (χ1) is 10.7. The fourth-order valence-corrected chi connectivity index (χ4v) is 2.39. The fourth-order valence-electron chi connectivity index (χ4n) is 2.39. The minimum atomic E-state index is -0.121. The number of benzene rings is 2. The molecule has 22 heavy (non-hydrogen) atoms. The number of hydrogen-bond donors (Lipinski definition) is 0. The lowest BCUT2D eigenvalue weighted by molar-refractivity contribution is 0.0941. The van der Waals surface area contributed by atoms with Crippen molar-refractivity contribution in [2.75, 3.05) is 0 Å². The quantitative estimate of drug-likeness (QED) is 0.738. The largest absolute Gasteiger partial charge is 0.489 e. The molecule has 4 nitrogen and oxygen atoms in total. The van der Waals surface area contributed by atoms with Crippen molar-refractivity contribution in [3.8, 4) is 11.8 Å². The van der Waals surface area contributed by atoms with Crippen LogP contribution in [0.25, 0.3) is 10.9 Å². The molecule has 0 aliphatic heterocycles. The number of ether oxygens (including phenoxy) is 1. The molecule has 1 heterocycles. The first-order valence-corrected chi connectivity index (χ1v) is 6.92. The molecule has 0 aliphatic carbocycles. The van der Waals surface area contributed by atoms with Crippen LogP contribution in [0.4, 0.5) is 0 Å². The summed E-state index contributed by atoms with van der Waals surface area (Å²) in [5.41, 5.74) is 2.26. The van der Waals surface area contributed by atoms with Gasteiger partial charge in [0, 0.05) is 18.5 Å². The Morgan fingerprint density at radius 3 is 2.68 bits per heavy atom. The Morgan fingerprint density at radius 2 is 2.00 bits per heavy atom. The van der Waals surface area contributed by atoms with Gasteiger partial charge in [-0.05, 0) is 23.8 Å². The first kappa shape index (κ1) is 13.9. The van der Waals surface area contributed by atoms with Crippen molar-refractivity contribution in [1.29, 1.82) is 5.26 Å². The maximum Gasteiger partial charge on any atom is 0.227 e. The lowest BCUT2D eigenvalue weighted by Crippen LogP contribution is -2.02. The van der Waals surface area contributed by atoms with Gasteiger partial charge in [-0.1, -0.05) is 30.3 Å². The minimum absolute atomic E-state index is 0.121. The molecule has 0 amide bonds. The Morgan fingerprint density at radius 1 is 1.23 bits per heavy atom. The van der Waals surface area contributed by atoms with Crippen molar-refractivity contribution in [3.63, 3.8) is 0 Å². The smallest absolute Gasteiger partial charge is 0.227 e. The van der Waals surface area contributed by atoms with Crippen LogP contribution in [0, 0.1) is 11.3 Å². The molecule has 0 spiro atoms. The van der Waals surface area contributed by atoms with Crippen LogP contribution in [0.3, 0.4) is 0 Å². The van der Waals surface area contributed by atoms with Crippen LogP contribution in [-0.4, -0.2) is 10.5 Å². The van der Waals surface area contributed by atoms with Gasteiger partial charge in [0.05, 0.1) is 11.1 Å². The predicted octanol–water partition coefficient (Wildman–Crippen LogP) is 3.75. The second-order valence-corrected chi connectivity index (χ2v) is 5.00. The molecule has 4 heteroatoms. The van der Waals surface area contributed by atoms with Gasteiger partial charge >= 0.3 is 0 Å². The summed E-state index contributed by atoms with van der Waals surface area (Å²) in [5.74, 6) is 0.554. The summed E-state index contributed by atoms with van der Waals surface area (Å²) in [5, 5.41) is 9.94. The number of carbonyl (C=O) groups excluding carboxylic acids is 1. The summed E-state index contributed by atoms with van der Waals surface area (Å²) in [6.45, 7) is 1.93. The average Bonchev–Trinajstić information content (AvgIpc) is 2.92. The normalized spacial score (nSPS) is 10.4. The second kappa shape index (κ2) is 5.74. The van der Waals surface area contributed by atoms with Crippen molar-refractivity contribution in [3.05, 3.63) is 65.9 Å². The highest BCUT2D eigenvalue weighted by molar-refractivity contribution is 5.95. The van der Waals surface area contributed by atoms with Crippen molar-refractivity contribution in [2.24, 2.45) is 0 Å². The van der Waals surface area contributed by atoms with E-state index in [0.717, 1.165) is 16.5 Å². The van der Waals surface area contributed by atoms with Gasteiger partial charge in [0.2, 0.25) is 5.91 Å². The predicted molar refractivity (Wildman–Crippen MR) is 83.7 cm³/mol. The third-order valence-electron chi connectivity index (χ3n) is 3.48. The van der Waals surface area contributed by atoms with E-state index in [1.54, 1.807) is 18.3 Å². The molecule has 1 aromatic heterocycles. The van der Waals surface area contributed by atoms with E-state index in [9.17, 15) is 10.1 Å². The van der Waals surface area contributed by atoms with Crippen LogP contribution < -0.4 is 4.74 Å². The van der Waals surface area contributed by atoms with Gasteiger partial charge in [-0.3, -0.25) is 9.36 Å². The second-order valence-electron chi connectivity index (χ2n) is 5.00. The van der Waals surface area contributed by atoms with Gasteiger partial charge < -0.3 is 4.74 Å². The van der Waals surface area contributed by atoms with Crippen molar-refractivity contribution >= 4 is 16.8 Å². The highest BCUT2D eigenvalue weighted by Gasteiger charge is 2.11. The minimum Gasteiger partial charge on any atom is -0.489 e. The molecule has 0 N–H and O–H groups in total. The molecule has 3 rings (SSSR count). The zero-order valence-electron chi connectivity index (χ0n) is 12.1. The third-order valence-corrected chi connectivity index (χ3v) is 3.48. The highest BCUT2D eigenvalue weighted by Crippen LogP contribution is 2.26. The summed E-state index contributed by atoms with van der Waals surface area (Å²) in [6.07, 6.45) is 1.56. The van der Waals surface area contributed by atoms with Gasteiger partial charge in [-0.2, -0.15) is 5.26 Å². The van der Waals surface area contributed by atoms with E-state index in [0.29, 0.717) is 17.9 Å². The van der Waals surface area contributed by atoms with Crippen LogP contribution in [0.15, 0.2) is 54.7 Å². The van der Waals surface area contributed by atoms with Gasteiger partial charge in [-0.25, -0.2) is 0 Å². The Kier molecular flexibility index (Phi) is 3.63. The van der Waals surface area contributed by atoms with E-state index in [4.69, 9.17) is 4.74 Å². The molecule has 0 bridgehead atoms. The van der Waals surface area contributed by atoms with E-state index < -0.39 is 0 Å². The van der Waals surface area contributed by atoms with E-state index in [1.807, 2.05) is 36.4 Å². The van der Waals surface area contributed by atoms with Crippen LogP contribution in [0.5, 0.6) is 5.75 Å². The van der Waals surface area contributed by atoms with Crippen molar-refractivity contribution in [2.45, 2.75) is 13.5 Å². The SMILES string of the molecule is CC(=O)n1cc(C#N)c2cc(OCc3ccccc3)ccc21. The van der Waals surface area contributed by atoms with Crippen molar-refractivity contribution in [1.82, 2.24) is 4.57 Å². The monoisotopic (exact) mass is 290 g/mol. The topological polar surface area (TPSA) is 55.0 Å². The van der Waals surface area contributed by atoms with E-state index >= 15 is 0 Å². The lowest BCUT2D eigenvalue weighted by Gasteiger charge is -2.07. The maximum absolute atomic E-state index is 11.6. The van der Waals surface area contributed by atoms with Crippen LogP contribution >= 0.6 is 0 Å². The molecule has 2 aromatic carbocycles. The molecule has 0 unspecified atom stereocenters. The molecular weight excluding hydrogens is 276 g/mol. The summed E-state index contributed by atoms with van der Waals surface area (Å²) >= 11 is 0. The number of fused-ring (bicyclic) bond motifs is 1. The van der Waals surface area contributed by atoms with Crippen molar-refractivity contribution < 1.29 is 9.53 Å². The summed E-state index contributed by atoms with van der Waals surface area (Å²) in [4.78, 5) is 11.6. The molecule has 3 aromatic rings. The van der Waals surface area contributed by atoms with Gasteiger partial charge in [0.1, 0.15) is 18.4 Å². The molecule has 0 fully saturated rings. The zero-order valence-corrected chi connectivity index (χ0v) is 12.1. The Balaban J connectivity index is 1.93. The molecular formula is C18H14N2O2. The van der Waals surface area contributed by atoms with Gasteiger partial charge in [0.25, 0.3) is 0 Å². The Bertz CT molecular complexity index is 873. The Hall–Kier alpha value is -3.06. The van der Waals surface area contributed by atoms with E-state index in [2.05, 4.69) is 6.07 Å². The zero-order chi connectivity index (χ0) is 15.5. The van der Waals surface area contributed by atoms with E-state index in [1.165, 1.54) is 11.5 Å². The van der Waals surface area contributed by atoms with Crippen LogP contribution in [0.2, 0.25) is 0 Å². The molecule has 0 atom stereocenters. The molecule has 0 radical (unpaired) electrons. The average molecular weight is 290 g/mol. The highest BCUT2D eigenvalue weighted by atomic mass is 16.5. The number of nitriles is 1.